The molecule has 3 heterocycles. The Kier molecular flexibility index (Phi) is 5.55. The fourth-order valence-corrected chi connectivity index (χ4v) is 3.71. The number of hydrogen-bond acceptors (Lipinski definition) is 7. The van der Waals surface area contributed by atoms with Gasteiger partial charge < -0.3 is 19.3 Å². The van der Waals surface area contributed by atoms with Gasteiger partial charge in [0.1, 0.15) is 5.69 Å². The third-order valence-electron chi connectivity index (χ3n) is 5.29. The summed E-state index contributed by atoms with van der Waals surface area (Å²) in [6.07, 6.45) is 10.8. The summed E-state index contributed by atoms with van der Waals surface area (Å²) in [5.74, 6) is 0.677. The third kappa shape index (κ3) is 3.98. The number of anilines is 2. The predicted octanol–water partition coefficient (Wildman–Crippen LogP) is 3.28. The first-order valence-corrected chi connectivity index (χ1v) is 10.0. The van der Waals surface area contributed by atoms with Gasteiger partial charge in [-0.3, -0.25) is 9.78 Å². The highest BCUT2D eigenvalue weighted by Crippen LogP contribution is 2.23. The molecule has 0 radical (unpaired) electrons. The smallest absolute Gasteiger partial charge is 0.322 e. The number of amides is 1. The first-order valence-electron chi connectivity index (χ1n) is 10.0. The van der Waals surface area contributed by atoms with E-state index in [9.17, 15) is 4.79 Å². The first-order chi connectivity index (χ1) is 14.2. The molecule has 1 N–H and O–H groups in total. The molecule has 3 aromatic rings. The van der Waals surface area contributed by atoms with Gasteiger partial charge in [0.05, 0.1) is 18.1 Å². The van der Waals surface area contributed by atoms with Crippen LogP contribution in [0.2, 0.25) is 0 Å². The van der Waals surface area contributed by atoms with E-state index in [1.54, 1.807) is 41.2 Å². The van der Waals surface area contributed by atoms with Crippen LogP contribution in [0.15, 0.2) is 35.2 Å². The van der Waals surface area contributed by atoms with Crippen molar-refractivity contribution in [3.8, 4) is 11.6 Å². The molecule has 1 aliphatic carbocycles. The van der Waals surface area contributed by atoms with Gasteiger partial charge in [-0.15, -0.1) is 0 Å². The van der Waals surface area contributed by atoms with Crippen molar-refractivity contribution in [2.75, 3.05) is 16.8 Å². The second-order valence-corrected chi connectivity index (χ2v) is 7.19. The van der Waals surface area contributed by atoms with E-state index in [0.717, 1.165) is 18.5 Å². The summed E-state index contributed by atoms with van der Waals surface area (Å²) in [7, 11) is 1.78. The van der Waals surface area contributed by atoms with Crippen LogP contribution in [0.3, 0.4) is 0 Å². The highest BCUT2D eigenvalue weighted by atomic mass is 16.5. The van der Waals surface area contributed by atoms with Crippen molar-refractivity contribution in [3.63, 3.8) is 0 Å². The molecule has 3 aromatic heterocycles. The maximum Gasteiger partial charge on any atom is 0.322 e. The van der Waals surface area contributed by atoms with E-state index < -0.39 is 0 Å². The highest BCUT2D eigenvalue weighted by molar-refractivity contribution is 6.05. The normalized spacial score (nSPS) is 14.7. The number of nitrogens with one attached hydrogen (secondary N) is 1. The summed E-state index contributed by atoms with van der Waals surface area (Å²) in [6.45, 7) is 2.44. The zero-order chi connectivity index (χ0) is 20.2. The predicted molar refractivity (Wildman–Crippen MR) is 109 cm³/mol. The number of rotatable bonds is 6. The van der Waals surface area contributed by atoms with Gasteiger partial charge in [-0.2, -0.15) is 4.98 Å². The number of carbonyl (C=O) groups is 1. The van der Waals surface area contributed by atoms with Crippen LogP contribution in [0.5, 0.6) is 0 Å². The first kappa shape index (κ1) is 19.1. The molecule has 0 aromatic carbocycles. The molecule has 1 aliphatic rings. The monoisotopic (exact) mass is 395 g/mol. The van der Waals surface area contributed by atoms with Crippen LogP contribution >= 0.6 is 0 Å². The van der Waals surface area contributed by atoms with Gasteiger partial charge in [0, 0.05) is 25.8 Å². The van der Waals surface area contributed by atoms with Crippen molar-refractivity contribution in [3.05, 3.63) is 36.4 Å². The zero-order valence-electron chi connectivity index (χ0n) is 16.7. The van der Waals surface area contributed by atoms with Crippen LogP contribution < -0.4 is 10.2 Å². The van der Waals surface area contributed by atoms with Gasteiger partial charge in [0.15, 0.2) is 5.82 Å². The van der Waals surface area contributed by atoms with Crippen LogP contribution in [-0.4, -0.2) is 43.2 Å². The lowest BCUT2D eigenvalue weighted by Gasteiger charge is -2.21. The second kappa shape index (κ2) is 8.42. The van der Waals surface area contributed by atoms with Crippen LogP contribution in [0, 0.1) is 0 Å². The summed E-state index contributed by atoms with van der Waals surface area (Å²) < 4.78 is 7.05. The molecule has 9 heteroatoms. The number of pyridine rings is 1. The van der Waals surface area contributed by atoms with Gasteiger partial charge in [-0.1, -0.05) is 24.4 Å². The Morgan fingerprint density at radius 1 is 1.31 bits per heavy atom. The molecule has 1 amide bonds. The van der Waals surface area contributed by atoms with Gasteiger partial charge >= 0.3 is 6.01 Å². The van der Waals surface area contributed by atoms with Crippen molar-refractivity contribution in [2.45, 2.75) is 45.1 Å². The lowest BCUT2D eigenvalue weighted by atomic mass is 9.96. The number of nitrogens with zero attached hydrogens (tertiary/aromatic N) is 6. The summed E-state index contributed by atoms with van der Waals surface area (Å²) in [5.41, 5.74) is 1.18. The molecule has 0 aliphatic heterocycles. The second-order valence-electron chi connectivity index (χ2n) is 7.19. The number of aromatic nitrogens is 5. The summed E-state index contributed by atoms with van der Waals surface area (Å²) in [5, 5.41) is 7.35. The van der Waals surface area contributed by atoms with E-state index in [1.165, 1.54) is 19.3 Å². The Bertz CT molecular complexity index is 960. The Labute approximate surface area is 169 Å². The summed E-state index contributed by atoms with van der Waals surface area (Å²) >= 11 is 0. The minimum Gasteiger partial charge on any atom is -0.335 e. The molecule has 152 valence electrons. The average molecular weight is 395 g/mol. The average Bonchev–Trinajstić information content (AvgIpc) is 3.36. The lowest BCUT2D eigenvalue weighted by molar-refractivity contribution is 0.0980. The molecule has 29 heavy (non-hydrogen) atoms. The standard InChI is InChI=1S/C20H25N7O2/c1-3-27(15-10-7-11-21-12-15)19(28)16-13-22-18(26(16)2)17-24-20(29-25-17)23-14-8-5-4-6-9-14/h7,10-14H,3-6,8-9H2,1-2H3,(H,23,24,25). The lowest BCUT2D eigenvalue weighted by Crippen LogP contribution is -2.32. The van der Waals surface area contributed by atoms with Crippen LogP contribution in [0.4, 0.5) is 11.7 Å². The van der Waals surface area contributed by atoms with Crippen molar-refractivity contribution < 1.29 is 9.32 Å². The van der Waals surface area contributed by atoms with E-state index in [4.69, 9.17) is 4.52 Å². The molecular formula is C20H25N7O2. The number of hydrogen-bond donors (Lipinski definition) is 1. The molecular weight excluding hydrogens is 370 g/mol. The van der Waals surface area contributed by atoms with Crippen molar-refractivity contribution in [1.82, 2.24) is 24.7 Å². The Balaban J connectivity index is 1.53. The fourth-order valence-electron chi connectivity index (χ4n) is 3.71. The van der Waals surface area contributed by atoms with Crippen molar-refractivity contribution >= 4 is 17.6 Å². The van der Waals surface area contributed by atoms with E-state index >= 15 is 0 Å². The quantitative estimate of drug-likeness (QED) is 0.683. The zero-order valence-corrected chi connectivity index (χ0v) is 16.7. The van der Waals surface area contributed by atoms with Crippen LogP contribution in [0.1, 0.15) is 49.5 Å². The van der Waals surface area contributed by atoms with E-state index in [2.05, 4.69) is 25.4 Å². The Morgan fingerprint density at radius 2 is 2.14 bits per heavy atom. The molecule has 0 bridgehead atoms. The van der Waals surface area contributed by atoms with Crippen LogP contribution in [0.25, 0.3) is 11.6 Å². The number of imidazole rings is 1. The minimum atomic E-state index is -0.161. The van der Waals surface area contributed by atoms with Gasteiger partial charge in [-0.25, -0.2) is 4.98 Å². The molecule has 0 saturated heterocycles. The largest absolute Gasteiger partial charge is 0.335 e. The van der Waals surface area contributed by atoms with Gasteiger partial charge in [0.25, 0.3) is 5.91 Å². The van der Waals surface area contributed by atoms with Gasteiger partial charge in [0.2, 0.25) is 5.82 Å². The van der Waals surface area contributed by atoms with Crippen molar-refractivity contribution in [1.29, 1.82) is 0 Å². The molecule has 0 spiro atoms. The Morgan fingerprint density at radius 3 is 2.86 bits per heavy atom. The minimum absolute atomic E-state index is 0.161. The SMILES string of the molecule is CCN(C(=O)c1cnc(-c2noc(NC3CCCCC3)n2)n1C)c1cccnc1. The maximum absolute atomic E-state index is 13.1. The molecule has 9 nitrogen and oxygen atoms in total. The molecule has 1 fully saturated rings. The molecule has 1 saturated carbocycles. The fraction of sp³-hybridized carbons (Fsp3) is 0.450. The summed E-state index contributed by atoms with van der Waals surface area (Å²) in [6, 6.07) is 4.43. The molecule has 0 unspecified atom stereocenters. The Hall–Kier alpha value is -3.23. The summed E-state index contributed by atoms with van der Waals surface area (Å²) in [4.78, 5) is 27.6. The maximum atomic E-state index is 13.1. The van der Waals surface area contributed by atoms with E-state index in [1.807, 2.05) is 13.0 Å². The van der Waals surface area contributed by atoms with Crippen LogP contribution in [-0.2, 0) is 7.05 Å². The van der Waals surface area contributed by atoms with Crippen molar-refractivity contribution in [2.24, 2.45) is 7.05 Å². The topological polar surface area (TPSA) is 102 Å². The van der Waals surface area contributed by atoms with E-state index in [-0.39, 0.29) is 5.91 Å². The van der Waals surface area contributed by atoms with E-state index in [0.29, 0.717) is 35.9 Å². The highest BCUT2D eigenvalue weighted by Gasteiger charge is 2.24. The third-order valence-corrected chi connectivity index (χ3v) is 5.29. The molecule has 4 rings (SSSR count). The molecule has 0 atom stereocenters. The van der Waals surface area contributed by atoms with Gasteiger partial charge in [-0.05, 0) is 31.9 Å². The number of carbonyl (C=O) groups excluding carboxylic acids is 1.